The molecule has 1 unspecified atom stereocenters. The molecule has 0 aliphatic carbocycles. The summed E-state index contributed by atoms with van der Waals surface area (Å²) < 4.78 is 4.14. The Morgan fingerprint density at radius 3 is 2.81 bits per heavy atom. The summed E-state index contributed by atoms with van der Waals surface area (Å²) in [5.41, 5.74) is 2.32. The van der Waals surface area contributed by atoms with Gasteiger partial charge in [-0.05, 0) is 38.2 Å². The summed E-state index contributed by atoms with van der Waals surface area (Å²) >= 11 is 0. The molecule has 0 bridgehead atoms. The van der Waals surface area contributed by atoms with Gasteiger partial charge in [0.05, 0.1) is 5.52 Å². The van der Waals surface area contributed by atoms with Gasteiger partial charge >= 0.3 is 0 Å². The lowest BCUT2D eigenvalue weighted by Crippen LogP contribution is -2.28. The molecule has 144 valence electrons. The molecule has 1 atom stereocenters. The van der Waals surface area contributed by atoms with Crippen LogP contribution in [0, 0.1) is 5.92 Å². The minimum absolute atomic E-state index is 0.114. The van der Waals surface area contributed by atoms with Gasteiger partial charge in [-0.1, -0.05) is 26.3 Å². The number of imidazole rings is 1. The third kappa shape index (κ3) is 4.39. The molecular formula is C21H29N5O. The molecule has 0 radical (unpaired) electrons. The molecule has 0 aromatic carbocycles. The van der Waals surface area contributed by atoms with Crippen molar-refractivity contribution < 1.29 is 4.79 Å². The number of carbonyl (C=O) groups excluding carboxylic acids is 1. The molecule has 3 aromatic rings. The summed E-state index contributed by atoms with van der Waals surface area (Å²) in [4.78, 5) is 19.6. The molecular weight excluding hydrogens is 338 g/mol. The summed E-state index contributed by atoms with van der Waals surface area (Å²) in [5, 5.41) is 3.02. The van der Waals surface area contributed by atoms with Crippen molar-refractivity contribution in [3.63, 3.8) is 0 Å². The summed E-state index contributed by atoms with van der Waals surface area (Å²) in [6, 6.07) is 7.90. The van der Waals surface area contributed by atoms with Crippen molar-refractivity contribution in [3.05, 3.63) is 48.5 Å². The Bertz CT molecular complexity index is 908. The number of likely N-dealkylation sites (N-methyl/N-ethyl adjacent to an activating group) is 1. The van der Waals surface area contributed by atoms with Crippen molar-refractivity contribution in [2.24, 2.45) is 5.92 Å². The van der Waals surface area contributed by atoms with Gasteiger partial charge in [-0.15, -0.1) is 0 Å². The SMILES string of the molecule is CCC(C)CNC(=O)c1nc(-c2ccn(CCN(C)C)c2)n2ccccc12. The Morgan fingerprint density at radius 2 is 2.07 bits per heavy atom. The van der Waals surface area contributed by atoms with E-state index < -0.39 is 0 Å². The van der Waals surface area contributed by atoms with Crippen molar-refractivity contribution in [2.75, 3.05) is 27.2 Å². The standard InChI is InChI=1S/C21H29N5O/c1-5-16(2)14-22-21(27)19-18-8-6-7-10-26(18)20(23-19)17-9-11-25(15-17)13-12-24(3)4/h6-11,15-16H,5,12-14H2,1-4H3,(H,22,27). The van der Waals surface area contributed by atoms with Crippen molar-refractivity contribution in [1.29, 1.82) is 0 Å². The van der Waals surface area contributed by atoms with E-state index in [2.05, 4.69) is 61.2 Å². The second-order valence-electron chi connectivity index (χ2n) is 7.40. The quantitative estimate of drug-likeness (QED) is 0.665. The lowest BCUT2D eigenvalue weighted by atomic mass is 10.1. The first kappa shape index (κ1) is 19.2. The first-order chi connectivity index (χ1) is 13.0. The molecule has 3 aromatic heterocycles. The zero-order valence-electron chi connectivity index (χ0n) is 16.6. The van der Waals surface area contributed by atoms with Crippen LogP contribution in [0.2, 0.25) is 0 Å². The van der Waals surface area contributed by atoms with E-state index in [1.807, 2.05) is 28.8 Å². The van der Waals surface area contributed by atoms with Crippen LogP contribution in [0.15, 0.2) is 42.9 Å². The molecule has 0 aliphatic heterocycles. The minimum Gasteiger partial charge on any atom is -0.352 e. The molecule has 6 heteroatoms. The fraction of sp³-hybridized carbons (Fsp3) is 0.429. The molecule has 0 saturated heterocycles. The zero-order chi connectivity index (χ0) is 19.4. The van der Waals surface area contributed by atoms with E-state index in [9.17, 15) is 4.79 Å². The first-order valence-corrected chi connectivity index (χ1v) is 9.55. The number of rotatable bonds is 8. The van der Waals surface area contributed by atoms with E-state index in [-0.39, 0.29) is 5.91 Å². The minimum atomic E-state index is -0.114. The fourth-order valence-corrected chi connectivity index (χ4v) is 2.93. The van der Waals surface area contributed by atoms with E-state index >= 15 is 0 Å². The van der Waals surface area contributed by atoms with Crippen LogP contribution in [-0.4, -0.2) is 51.9 Å². The third-order valence-corrected chi connectivity index (χ3v) is 4.89. The van der Waals surface area contributed by atoms with Crippen LogP contribution >= 0.6 is 0 Å². The molecule has 3 heterocycles. The molecule has 1 N–H and O–H groups in total. The number of nitrogens with zero attached hydrogens (tertiary/aromatic N) is 4. The predicted molar refractivity (Wildman–Crippen MR) is 109 cm³/mol. The largest absolute Gasteiger partial charge is 0.352 e. The van der Waals surface area contributed by atoms with Gasteiger partial charge in [-0.2, -0.15) is 0 Å². The Morgan fingerprint density at radius 1 is 1.26 bits per heavy atom. The van der Waals surface area contributed by atoms with Gasteiger partial charge in [0.2, 0.25) is 0 Å². The molecule has 0 saturated carbocycles. The van der Waals surface area contributed by atoms with Crippen LogP contribution in [0.4, 0.5) is 0 Å². The Balaban J connectivity index is 1.90. The fourth-order valence-electron chi connectivity index (χ4n) is 2.93. The Labute approximate surface area is 160 Å². The van der Waals surface area contributed by atoms with Gasteiger partial charge in [0.1, 0.15) is 5.82 Å². The van der Waals surface area contributed by atoms with Gasteiger partial charge in [0, 0.05) is 43.8 Å². The number of fused-ring (bicyclic) bond motifs is 1. The van der Waals surface area contributed by atoms with Gasteiger partial charge in [0.25, 0.3) is 5.91 Å². The van der Waals surface area contributed by atoms with Gasteiger partial charge < -0.3 is 14.8 Å². The number of nitrogens with one attached hydrogen (secondary N) is 1. The van der Waals surface area contributed by atoms with E-state index in [0.29, 0.717) is 18.2 Å². The lowest BCUT2D eigenvalue weighted by molar-refractivity contribution is 0.0945. The van der Waals surface area contributed by atoms with Crippen LogP contribution in [-0.2, 0) is 6.54 Å². The van der Waals surface area contributed by atoms with Crippen LogP contribution in [0.3, 0.4) is 0 Å². The summed E-state index contributed by atoms with van der Waals surface area (Å²) in [5.74, 6) is 1.13. The maximum atomic E-state index is 12.7. The average molecular weight is 367 g/mol. The summed E-state index contributed by atoms with van der Waals surface area (Å²) in [6.07, 6.45) is 7.15. The Hall–Kier alpha value is -2.60. The maximum Gasteiger partial charge on any atom is 0.272 e. The van der Waals surface area contributed by atoms with E-state index in [1.165, 1.54) is 0 Å². The number of amides is 1. The smallest absolute Gasteiger partial charge is 0.272 e. The van der Waals surface area contributed by atoms with Crippen LogP contribution in [0.5, 0.6) is 0 Å². The van der Waals surface area contributed by atoms with Gasteiger partial charge in [-0.3, -0.25) is 9.20 Å². The van der Waals surface area contributed by atoms with Gasteiger partial charge in [-0.25, -0.2) is 4.98 Å². The molecule has 1 amide bonds. The predicted octanol–water partition coefficient (Wildman–Crippen LogP) is 3.14. The number of hydrogen-bond acceptors (Lipinski definition) is 3. The lowest BCUT2D eigenvalue weighted by Gasteiger charge is -2.09. The maximum absolute atomic E-state index is 12.7. The molecule has 0 aliphatic rings. The second kappa shape index (κ2) is 8.39. The van der Waals surface area contributed by atoms with Crippen LogP contribution < -0.4 is 5.32 Å². The number of carbonyl (C=O) groups is 1. The normalized spacial score (nSPS) is 12.6. The summed E-state index contributed by atoms with van der Waals surface area (Å²) in [7, 11) is 4.13. The van der Waals surface area contributed by atoms with E-state index in [4.69, 9.17) is 4.98 Å². The number of aromatic nitrogens is 3. The summed E-state index contributed by atoms with van der Waals surface area (Å²) in [6.45, 7) is 6.81. The van der Waals surface area contributed by atoms with Crippen molar-refractivity contribution in [3.8, 4) is 11.4 Å². The molecule has 3 rings (SSSR count). The van der Waals surface area contributed by atoms with Crippen molar-refractivity contribution in [1.82, 2.24) is 24.2 Å². The molecule has 27 heavy (non-hydrogen) atoms. The first-order valence-electron chi connectivity index (χ1n) is 9.55. The van der Waals surface area contributed by atoms with E-state index in [0.717, 1.165) is 36.4 Å². The molecule has 0 spiro atoms. The number of hydrogen-bond donors (Lipinski definition) is 1. The zero-order valence-corrected chi connectivity index (χ0v) is 16.6. The average Bonchev–Trinajstić information content (AvgIpc) is 3.28. The monoisotopic (exact) mass is 367 g/mol. The van der Waals surface area contributed by atoms with Crippen LogP contribution in [0.1, 0.15) is 30.8 Å². The molecule has 0 fully saturated rings. The Kier molecular flexibility index (Phi) is 5.96. The third-order valence-electron chi connectivity index (χ3n) is 4.89. The highest BCUT2D eigenvalue weighted by Gasteiger charge is 2.19. The molecule has 6 nitrogen and oxygen atoms in total. The highest BCUT2D eigenvalue weighted by atomic mass is 16.1. The number of pyridine rings is 1. The van der Waals surface area contributed by atoms with Crippen LogP contribution in [0.25, 0.3) is 16.9 Å². The van der Waals surface area contributed by atoms with Gasteiger partial charge in [0.15, 0.2) is 5.69 Å². The topological polar surface area (TPSA) is 54.6 Å². The second-order valence-corrected chi connectivity index (χ2v) is 7.40. The van der Waals surface area contributed by atoms with Crippen molar-refractivity contribution in [2.45, 2.75) is 26.8 Å². The highest BCUT2D eigenvalue weighted by molar-refractivity contribution is 6.00. The van der Waals surface area contributed by atoms with Crippen molar-refractivity contribution >= 4 is 11.4 Å². The van der Waals surface area contributed by atoms with E-state index in [1.54, 1.807) is 0 Å². The highest BCUT2D eigenvalue weighted by Crippen LogP contribution is 2.23.